The third-order valence-corrected chi connectivity index (χ3v) is 6.24. The molecule has 2 aliphatic heterocycles. The number of allylic oxidation sites excluding steroid dienone is 4. The Labute approximate surface area is 175 Å². The van der Waals surface area contributed by atoms with Gasteiger partial charge < -0.3 is 4.90 Å². The quantitative estimate of drug-likeness (QED) is 0.523. The van der Waals surface area contributed by atoms with E-state index in [4.69, 9.17) is 0 Å². The topological polar surface area (TPSA) is 6.25 Å². The molecular weight excluding hydrogens is 352 g/mol. The first-order chi connectivity index (χ1) is 14.1. The third-order valence-electron chi connectivity index (χ3n) is 6.24. The minimum absolute atomic E-state index is 0.0303. The summed E-state index contributed by atoms with van der Waals surface area (Å²) in [6.45, 7) is 11.4. The summed E-state index contributed by atoms with van der Waals surface area (Å²) in [6.07, 6.45) is 10.3. The highest BCUT2D eigenvalue weighted by atomic mass is 15.2. The smallest absolute Gasteiger partial charge is 0.209 e. The lowest BCUT2D eigenvalue weighted by Gasteiger charge is -2.20. The van der Waals surface area contributed by atoms with Crippen LogP contribution in [0, 0.1) is 0 Å². The van der Waals surface area contributed by atoms with Gasteiger partial charge in [0.15, 0.2) is 5.71 Å². The van der Waals surface area contributed by atoms with Crippen molar-refractivity contribution in [3.63, 3.8) is 0 Å². The Morgan fingerprint density at radius 2 is 1.76 bits per heavy atom. The number of hydrogen-bond acceptors (Lipinski definition) is 1. The van der Waals surface area contributed by atoms with Crippen molar-refractivity contribution in [1.82, 2.24) is 0 Å². The number of nitrogens with zero attached hydrogens (tertiary/aromatic N) is 2. The van der Waals surface area contributed by atoms with E-state index in [1.165, 1.54) is 33.9 Å². The Hall–Kier alpha value is -2.61. The van der Waals surface area contributed by atoms with E-state index in [2.05, 4.69) is 104 Å². The fourth-order valence-electron chi connectivity index (χ4n) is 4.86. The summed E-state index contributed by atoms with van der Waals surface area (Å²) in [4.78, 5) is 2.49. The highest BCUT2D eigenvalue weighted by Gasteiger charge is 2.43. The van der Waals surface area contributed by atoms with Crippen LogP contribution in [-0.2, 0) is 11.8 Å². The van der Waals surface area contributed by atoms with E-state index in [0.717, 1.165) is 32.4 Å². The summed E-state index contributed by atoms with van der Waals surface area (Å²) in [5.41, 5.74) is 8.45. The van der Waals surface area contributed by atoms with Crippen molar-refractivity contribution in [2.45, 2.75) is 52.4 Å². The summed E-state index contributed by atoms with van der Waals surface area (Å²) < 4.78 is 2.51. The van der Waals surface area contributed by atoms with Crippen molar-refractivity contribution in [2.24, 2.45) is 0 Å². The molecule has 4 rings (SSSR count). The number of benzene rings is 2. The average molecular weight is 386 g/mol. The van der Waals surface area contributed by atoms with E-state index in [0.29, 0.717) is 0 Å². The Morgan fingerprint density at radius 1 is 1.00 bits per heavy atom. The van der Waals surface area contributed by atoms with Gasteiger partial charge in [-0.05, 0) is 38.0 Å². The van der Waals surface area contributed by atoms with Crippen LogP contribution in [-0.4, -0.2) is 23.4 Å². The molecule has 0 aliphatic carbocycles. The van der Waals surface area contributed by atoms with Crippen LogP contribution in [0.1, 0.15) is 51.7 Å². The van der Waals surface area contributed by atoms with Gasteiger partial charge in [0.2, 0.25) is 5.69 Å². The molecule has 150 valence electrons. The van der Waals surface area contributed by atoms with Crippen molar-refractivity contribution < 1.29 is 4.58 Å². The van der Waals surface area contributed by atoms with Gasteiger partial charge in [0.1, 0.15) is 6.54 Å². The fraction of sp³-hybridized carbons (Fsp3) is 0.370. The average Bonchev–Trinajstić information content (AvgIpc) is 3.17. The molecule has 2 heteroatoms. The predicted molar refractivity (Wildman–Crippen MR) is 125 cm³/mol. The standard InChI is InChI=1S/C27H33N2/c1-5-18-28-22(20-21-12-7-9-15-24(21)28)13-11-17-26-27(3,4)23-14-8-10-16-25(23)29(26)19-6-2/h7-17H,5-6,18-20H2,1-4H3/q+1. The first-order valence-corrected chi connectivity index (χ1v) is 11.0. The van der Waals surface area contributed by atoms with Gasteiger partial charge in [-0.3, -0.25) is 0 Å². The molecule has 0 bridgehead atoms. The van der Waals surface area contributed by atoms with E-state index in [1.54, 1.807) is 0 Å². The Kier molecular flexibility index (Phi) is 5.45. The lowest BCUT2D eigenvalue weighted by Crippen LogP contribution is -2.27. The molecule has 0 aromatic heterocycles. The molecule has 0 atom stereocenters. The van der Waals surface area contributed by atoms with Crippen molar-refractivity contribution >= 4 is 17.1 Å². The summed E-state index contributed by atoms with van der Waals surface area (Å²) in [6, 6.07) is 17.7. The predicted octanol–water partition coefficient (Wildman–Crippen LogP) is 6.39. The third kappa shape index (κ3) is 3.46. The van der Waals surface area contributed by atoms with Crippen LogP contribution in [0.25, 0.3) is 0 Å². The largest absolute Gasteiger partial charge is 0.345 e. The van der Waals surface area contributed by atoms with E-state index < -0.39 is 0 Å². The van der Waals surface area contributed by atoms with Gasteiger partial charge >= 0.3 is 0 Å². The van der Waals surface area contributed by atoms with Crippen LogP contribution in [0.15, 0.2) is 72.5 Å². The maximum atomic E-state index is 2.51. The Balaban J connectivity index is 1.67. The molecule has 2 aromatic carbocycles. The zero-order valence-corrected chi connectivity index (χ0v) is 18.3. The molecule has 0 amide bonds. The number of anilines is 1. The van der Waals surface area contributed by atoms with Crippen molar-refractivity contribution in [3.8, 4) is 0 Å². The Bertz CT molecular complexity index is 991. The number of hydrogen-bond donors (Lipinski definition) is 0. The summed E-state index contributed by atoms with van der Waals surface area (Å²) in [7, 11) is 0. The van der Waals surface area contributed by atoms with Crippen LogP contribution in [0.3, 0.4) is 0 Å². The Morgan fingerprint density at radius 3 is 2.55 bits per heavy atom. The van der Waals surface area contributed by atoms with E-state index >= 15 is 0 Å². The second-order valence-corrected chi connectivity index (χ2v) is 8.65. The van der Waals surface area contributed by atoms with Crippen molar-refractivity contribution in [1.29, 1.82) is 0 Å². The molecule has 2 aliphatic rings. The molecule has 0 radical (unpaired) electrons. The van der Waals surface area contributed by atoms with Gasteiger partial charge in [0.25, 0.3) is 0 Å². The van der Waals surface area contributed by atoms with Crippen molar-refractivity contribution in [2.75, 3.05) is 18.0 Å². The van der Waals surface area contributed by atoms with Gasteiger partial charge in [-0.15, -0.1) is 0 Å². The monoisotopic (exact) mass is 385 g/mol. The zero-order chi connectivity index (χ0) is 20.4. The van der Waals surface area contributed by atoms with Gasteiger partial charge in [0.05, 0.1) is 5.41 Å². The molecule has 0 saturated heterocycles. The molecule has 29 heavy (non-hydrogen) atoms. The van der Waals surface area contributed by atoms with Crippen molar-refractivity contribution in [3.05, 3.63) is 83.6 Å². The van der Waals surface area contributed by atoms with Crippen LogP contribution in [0.2, 0.25) is 0 Å². The van der Waals surface area contributed by atoms with Crippen LogP contribution in [0.4, 0.5) is 11.4 Å². The lowest BCUT2D eigenvalue weighted by molar-refractivity contribution is -0.437. The first kappa shape index (κ1) is 19.7. The SMILES string of the molecule is CCCN1/C(=C/C=C/C2=[N+](CCC)c3ccccc3C2(C)C)Cc2ccccc21. The summed E-state index contributed by atoms with van der Waals surface area (Å²) in [5, 5.41) is 0. The van der Waals surface area contributed by atoms with Gasteiger partial charge in [0, 0.05) is 48.5 Å². The summed E-state index contributed by atoms with van der Waals surface area (Å²) >= 11 is 0. The second-order valence-electron chi connectivity index (χ2n) is 8.65. The van der Waals surface area contributed by atoms with Gasteiger partial charge in [-0.2, -0.15) is 4.58 Å². The maximum Gasteiger partial charge on any atom is 0.209 e. The number of rotatable bonds is 6. The minimum atomic E-state index is 0.0303. The maximum absolute atomic E-state index is 2.51. The molecule has 0 N–H and O–H groups in total. The molecular formula is C27H33N2+. The highest BCUT2D eigenvalue weighted by molar-refractivity contribution is 6.03. The molecule has 2 nitrogen and oxygen atoms in total. The molecule has 2 aromatic rings. The first-order valence-electron chi connectivity index (χ1n) is 11.0. The van der Waals surface area contributed by atoms with E-state index in [-0.39, 0.29) is 5.41 Å². The van der Waals surface area contributed by atoms with Crippen LogP contribution >= 0.6 is 0 Å². The lowest BCUT2D eigenvalue weighted by atomic mass is 9.81. The minimum Gasteiger partial charge on any atom is -0.345 e. The molecule has 0 spiro atoms. The van der Waals surface area contributed by atoms with E-state index in [9.17, 15) is 0 Å². The zero-order valence-electron chi connectivity index (χ0n) is 18.3. The highest BCUT2D eigenvalue weighted by Crippen LogP contribution is 2.40. The fourth-order valence-corrected chi connectivity index (χ4v) is 4.86. The number of para-hydroxylation sites is 2. The van der Waals surface area contributed by atoms with Gasteiger partial charge in [-0.25, -0.2) is 0 Å². The van der Waals surface area contributed by atoms with E-state index in [1.807, 2.05) is 0 Å². The second kappa shape index (κ2) is 8.02. The molecule has 2 heterocycles. The number of fused-ring (bicyclic) bond motifs is 2. The molecule has 0 saturated carbocycles. The van der Waals surface area contributed by atoms with Gasteiger partial charge in [-0.1, -0.05) is 56.3 Å². The summed E-state index contributed by atoms with van der Waals surface area (Å²) in [5.74, 6) is 0. The van der Waals surface area contributed by atoms with Crippen LogP contribution in [0.5, 0.6) is 0 Å². The normalized spacial score (nSPS) is 18.8. The van der Waals surface area contributed by atoms with Crippen LogP contribution < -0.4 is 4.90 Å². The molecule has 0 fully saturated rings. The molecule has 0 unspecified atom stereocenters.